The Kier molecular flexibility index (Phi) is 4.43. The Morgan fingerprint density at radius 1 is 1.26 bits per heavy atom. The lowest BCUT2D eigenvalue weighted by Gasteiger charge is -2.05. The lowest BCUT2D eigenvalue weighted by Crippen LogP contribution is -2.12. The number of anilines is 1. The first-order valence-corrected chi connectivity index (χ1v) is 7.91. The predicted octanol–water partition coefficient (Wildman–Crippen LogP) is 3.83. The second-order valence-electron chi connectivity index (χ2n) is 5.05. The number of carbonyl (C=O) groups is 1. The topological polar surface area (TPSA) is 54.9 Å². The van der Waals surface area contributed by atoms with E-state index in [4.69, 9.17) is 0 Å². The highest BCUT2D eigenvalue weighted by Crippen LogP contribution is 2.16. The van der Waals surface area contributed by atoms with Crippen molar-refractivity contribution in [2.24, 2.45) is 0 Å². The summed E-state index contributed by atoms with van der Waals surface area (Å²) < 4.78 is 13.6. The molecule has 0 atom stereocenters. The molecule has 1 amide bonds. The van der Waals surface area contributed by atoms with Crippen LogP contribution in [0.15, 0.2) is 48.0 Å². The van der Waals surface area contributed by atoms with Gasteiger partial charge in [0.15, 0.2) is 5.13 Å². The number of aryl methyl sites for hydroxylation is 1. The zero-order chi connectivity index (χ0) is 16.2. The molecule has 116 valence electrons. The van der Waals surface area contributed by atoms with Gasteiger partial charge in [-0.15, -0.1) is 11.3 Å². The number of aromatic nitrogens is 2. The monoisotopic (exact) mass is 327 g/mol. The molecule has 0 fully saturated rings. The molecule has 0 aliphatic carbocycles. The molecule has 0 saturated heterocycles. The average Bonchev–Trinajstić information content (AvgIpc) is 2.95. The Hall–Kier alpha value is -2.60. The van der Waals surface area contributed by atoms with Crippen molar-refractivity contribution >= 4 is 22.4 Å². The van der Waals surface area contributed by atoms with Gasteiger partial charge in [0.05, 0.1) is 11.3 Å². The van der Waals surface area contributed by atoms with Gasteiger partial charge in [0.2, 0.25) is 0 Å². The summed E-state index contributed by atoms with van der Waals surface area (Å²) in [5, 5.41) is 5.15. The summed E-state index contributed by atoms with van der Waals surface area (Å²) in [7, 11) is 0. The van der Waals surface area contributed by atoms with Crippen LogP contribution in [0, 0.1) is 12.7 Å². The normalized spacial score (nSPS) is 10.5. The van der Waals surface area contributed by atoms with Crippen molar-refractivity contribution in [3.05, 3.63) is 76.3 Å². The summed E-state index contributed by atoms with van der Waals surface area (Å²) in [6, 6.07) is 10.00. The van der Waals surface area contributed by atoms with Crippen LogP contribution >= 0.6 is 11.3 Å². The maximum absolute atomic E-state index is 13.6. The van der Waals surface area contributed by atoms with Crippen molar-refractivity contribution in [2.75, 3.05) is 5.32 Å². The van der Waals surface area contributed by atoms with E-state index < -0.39 is 0 Å². The molecular weight excluding hydrogens is 313 g/mol. The summed E-state index contributed by atoms with van der Waals surface area (Å²) in [5.74, 6) is -0.514. The number of nitrogens with zero attached hydrogens (tertiary/aromatic N) is 2. The molecule has 2 aromatic heterocycles. The third-order valence-electron chi connectivity index (χ3n) is 3.26. The molecule has 1 N–H and O–H groups in total. The van der Waals surface area contributed by atoms with Gasteiger partial charge in [0.25, 0.3) is 5.91 Å². The van der Waals surface area contributed by atoms with E-state index >= 15 is 0 Å². The molecule has 23 heavy (non-hydrogen) atoms. The number of nitrogens with one attached hydrogen (secondary N) is 1. The van der Waals surface area contributed by atoms with Gasteiger partial charge in [-0.1, -0.05) is 18.2 Å². The lowest BCUT2D eigenvalue weighted by atomic mass is 10.1. The van der Waals surface area contributed by atoms with Crippen molar-refractivity contribution in [3.8, 4) is 0 Å². The van der Waals surface area contributed by atoms with E-state index in [1.54, 1.807) is 30.3 Å². The van der Waals surface area contributed by atoms with Crippen molar-refractivity contribution in [2.45, 2.75) is 13.3 Å². The van der Waals surface area contributed by atoms with Crippen molar-refractivity contribution < 1.29 is 9.18 Å². The predicted molar refractivity (Wildman–Crippen MR) is 88.2 cm³/mol. The number of rotatable bonds is 4. The molecule has 0 saturated carbocycles. The number of hydrogen-bond acceptors (Lipinski definition) is 4. The van der Waals surface area contributed by atoms with Gasteiger partial charge in [-0.2, -0.15) is 0 Å². The first kappa shape index (κ1) is 15.3. The van der Waals surface area contributed by atoms with E-state index in [2.05, 4.69) is 15.3 Å². The zero-order valence-corrected chi connectivity index (χ0v) is 13.2. The summed E-state index contributed by atoms with van der Waals surface area (Å²) in [4.78, 5) is 20.5. The quantitative estimate of drug-likeness (QED) is 0.792. The van der Waals surface area contributed by atoms with Gasteiger partial charge in [-0.25, -0.2) is 9.37 Å². The Balaban J connectivity index is 1.69. The third kappa shape index (κ3) is 3.78. The Morgan fingerprint density at radius 2 is 2.09 bits per heavy atom. The highest BCUT2D eigenvalue weighted by Gasteiger charge is 2.10. The van der Waals surface area contributed by atoms with Crippen molar-refractivity contribution in [3.63, 3.8) is 0 Å². The van der Waals surface area contributed by atoms with Crippen LogP contribution in [0.4, 0.5) is 9.52 Å². The minimum atomic E-state index is -0.260. The first-order chi connectivity index (χ1) is 11.1. The van der Waals surface area contributed by atoms with Gasteiger partial charge < -0.3 is 0 Å². The van der Waals surface area contributed by atoms with Crippen LogP contribution in [-0.4, -0.2) is 15.9 Å². The molecular formula is C17H14FN3OS. The standard InChI is InChI=1S/C17H14FN3OS/c1-11-10-23-17(20-11)21-16(22)13-6-7-14(19-9-13)8-12-4-2-3-5-15(12)18/h2-7,9-10H,8H2,1H3,(H,20,21,22). The van der Waals surface area contributed by atoms with E-state index in [9.17, 15) is 9.18 Å². The Labute approximate surface area is 137 Å². The molecule has 0 radical (unpaired) electrons. The summed E-state index contributed by atoms with van der Waals surface area (Å²) >= 11 is 1.37. The van der Waals surface area contributed by atoms with E-state index in [1.807, 2.05) is 12.3 Å². The lowest BCUT2D eigenvalue weighted by molar-refractivity contribution is 0.102. The van der Waals surface area contributed by atoms with E-state index in [1.165, 1.54) is 23.6 Å². The van der Waals surface area contributed by atoms with Gasteiger partial charge in [0, 0.05) is 23.7 Å². The number of benzene rings is 1. The van der Waals surface area contributed by atoms with E-state index in [0.29, 0.717) is 28.4 Å². The summed E-state index contributed by atoms with van der Waals surface area (Å²) in [5.41, 5.74) is 2.59. The van der Waals surface area contributed by atoms with E-state index in [-0.39, 0.29) is 11.7 Å². The second kappa shape index (κ2) is 6.66. The van der Waals surface area contributed by atoms with Gasteiger partial charge >= 0.3 is 0 Å². The molecule has 0 aliphatic heterocycles. The second-order valence-corrected chi connectivity index (χ2v) is 5.91. The summed E-state index contributed by atoms with van der Waals surface area (Å²) in [6.45, 7) is 1.87. The maximum Gasteiger partial charge on any atom is 0.259 e. The molecule has 0 spiro atoms. The van der Waals surface area contributed by atoms with Crippen molar-refractivity contribution in [1.29, 1.82) is 0 Å². The molecule has 3 rings (SSSR count). The largest absolute Gasteiger partial charge is 0.298 e. The van der Waals surface area contributed by atoms with Gasteiger partial charge in [-0.05, 0) is 30.7 Å². The minimum Gasteiger partial charge on any atom is -0.298 e. The fourth-order valence-corrected chi connectivity index (χ4v) is 2.76. The number of halogens is 1. The Bertz CT molecular complexity index is 830. The molecule has 3 aromatic rings. The molecule has 0 aliphatic rings. The number of hydrogen-bond donors (Lipinski definition) is 1. The van der Waals surface area contributed by atoms with Crippen LogP contribution in [0.5, 0.6) is 0 Å². The Morgan fingerprint density at radius 3 is 2.74 bits per heavy atom. The van der Waals surface area contributed by atoms with Crippen LogP contribution in [0.25, 0.3) is 0 Å². The van der Waals surface area contributed by atoms with Crippen LogP contribution in [-0.2, 0) is 6.42 Å². The minimum absolute atomic E-state index is 0.254. The first-order valence-electron chi connectivity index (χ1n) is 7.03. The maximum atomic E-state index is 13.6. The van der Waals surface area contributed by atoms with Gasteiger partial charge in [-0.3, -0.25) is 15.1 Å². The van der Waals surface area contributed by atoms with E-state index in [0.717, 1.165) is 5.69 Å². The number of carbonyl (C=O) groups excluding carboxylic acids is 1. The summed E-state index contributed by atoms with van der Waals surface area (Å²) in [6.07, 6.45) is 1.88. The molecule has 2 heterocycles. The average molecular weight is 327 g/mol. The van der Waals surface area contributed by atoms with Crippen LogP contribution < -0.4 is 5.32 Å². The fraction of sp³-hybridized carbons (Fsp3) is 0.118. The highest BCUT2D eigenvalue weighted by molar-refractivity contribution is 7.13. The molecule has 0 bridgehead atoms. The molecule has 1 aromatic carbocycles. The molecule has 6 heteroatoms. The van der Waals surface area contributed by atoms with Crippen LogP contribution in [0.1, 0.15) is 27.3 Å². The van der Waals surface area contributed by atoms with Crippen molar-refractivity contribution in [1.82, 2.24) is 9.97 Å². The number of pyridine rings is 1. The number of thiazole rings is 1. The number of amides is 1. The fourth-order valence-electron chi connectivity index (χ4n) is 2.08. The van der Waals surface area contributed by atoms with Crippen LogP contribution in [0.2, 0.25) is 0 Å². The highest BCUT2D eigenvalue weighted by atomic mass is 32.1. The molecule has 4 nitrogen and oxygen atoms in total. The SMILES string of the molecule is Cc1csc(NC(=O)c2ccc(Cc3ccccc3F)nc2)n1. The zero-order valence-electron chi connectivity index (χ0n) is 12.4. The van der Waals surface area contributed by atoms with Gasteiger partial charge in [0.1, 0.15) is 5.82 Å². The smallest absolute Gasteiger partial charge is 0.259 e. The third-order valence-corrected chi connectivity index (χ3v) is 4.13. The van der Waals surface area contributed by atoms with Crippen LogP contribution in [0.3, 0.4) is 0 Å². The molecule has 0 unspecified atom stereocenters.